The highest BCUT2D eigenvalue weighted by Crippen LogP contribution is 2.36. The van der Waals surface area contributed by atoms with Crippen molar-refractivity contribution in [3.63, 3.8) is 0 Å². The first-order chi connectivity index (χ1) is 8.19. The molecular weight excluding hydrogens is 248 g/mol. The highest BCUT2D eigenvalue weighted by molar-refractivity contribution is 7.78. The summed E-state index contributed by atoms with van der Waals surface area (Å²) >= 11 is 9.35. The minimum atomic E-state index is 0.726. The first kappa shape index (κ1) is 13.9. The lowest BCUT2D eigenvalue weighted by Crippen LogP contribution is -1.96. The molecule has 0 N–H and O–H groups in total. The highest BCUT2D eigenvalue weighted by atomic mass is 32.1. The van der Waals surface area contributed by atoms with Crippen LogP contribution in [0.1, 0.15) is 30.5 Å². The van der Waals surface area contributed by atoms with Crippen LogP contribution >= 0.6 is 24.4 Å². The molecule has 0 spiro atoms. The predicted octanol–water partition coefficient (Wildman–Crippen LogP) is 4.59. The molecule has 0 aliphatic carbocycles. The van der Waals surface area contributed by atoms with Crippen molar-refractivity contribution in [2.24, 2.45) is 9.98 Å². The van der Waals surface area contributed by atoms with Gasteiger partial charge in [0.05, 0.1) is 10.3 Å². The zero-order valence-electron chi connectivity index (χ0n) is 10.2. The fraction of sp³-hybridized carbons (Fsp3) is 0.385. The van der Waals surface area contributed by atoms with Crippen LogP contribution in [0.5, 0.6) is 0 Å². The second-order valence-corrected chi connectivity index (χ2v) is 4.00. The minimum Gasteiger partial charge on any atom is -0.192 e. The Labute approximate surface area is 112 Å². The lowest BCUT2D eigenvalue weighted by Gasteiger charge is -2.13. The molecule has 0 atom stereocenters. The molecule has 17 heavy (non-hydrogen) atoms. The third-order valence-corrected chi connectivity index (χ3v) is 2.94. The molecule has 0 bridgehead atoms. The van der Waals surface area contributed by atoms with Crippen molar-refractivity contribution in [2.45, 2.75) is 33.6 Å². The normalized spacial score (nSPS) is 9.35. The number of aliphatic imine (C=N–C) groups is 2. The molecule has 1 rings (SSSR count). The summed E-state index contributed by atoms with van der Waals surface area (Å²) in [5.74, 6) is 0. The van der Waals surface area contributed by atoms with Gasteiger partial charge in [-0.1, -0.05) is 13.8 Å². The molecule has 1 aromatic rings. The van der Waals surface area contributed by atoms with E-state index in [9.17, 15) is 0 Å². The summed E-state index contributed by atoms with van der Waals surface area (Å²) in [5, 5.41) is 4.80. The van der Waals surface area contributed by atoms with Crippen LogP contribution in [0.2, 0.25) is 0 Å². The Morgan fingerprint density at radius 1 is 1.06 bits per heavy atom. The lowest BCUT2D eigenvalue weighted by molar-refractivity contribution is 1.02. The molecule has 0 radical (unpaired) electrons. The van der Waals surface area contributed by atoms with Crippen molar-refractivity contribution < 1.29 is 0 Å². The van der Waals surface area contributed by atoms with Crippen LogP contribution in [-0.4, -0.2) is 10.3 Å². The Morgan fingerprint density at radius 3 is 2.12 bits per heavy atom. The van der Waals surface area contributed by atoms with Crippen LogP contribution in [0.15, 0.2) is 16.1 Å². The summed E-state index contributed by atoms with van der Waals surface area (Å²) in [7, 11) is 0. The minimum absolute atomic E-state index is 0.726. The fourth-order valence-corrected chi connectivity index (χ4v) is 2.26. The van der Waals surface area contributed by atoms with Gasteiger partial charge in [0.1, 0.15) is 11.4 Å². The fourth-order valence-electron chi connectivity index (χ4n) is 2.07. The standard InChI is InChI=1S/C13H14N2S2/c1-4-10-9(3)6-12(14-7-16)13(15-8-17)11(10)5-2/h6H,4-5H2,1-3H3. The molecule has 4 heteroatoms. The molecule has 0 fully saturated rings. The number of isothiocyanates is 2. The quantitative estimate of drug-likeness (QED) is 0.585. The molecule has 88 valence electrons. The monoisotopic (exact) mass is 262 g/mol. The number of aryl methyl sites for hydroxylation is 1. The van der Waals surface area contributed by atoms with Crippen molar-refractivity contribution in [3.05, 3.63) is 22.8 Å². The number of thiocarbonyl (C=S) groups is 2. The summed E-state index contributed by atoms with van der Waals surface area (Å²) in [5.41, 5.74) is 5.19. The molecule has 0 aliphatic heterocycles. The van der Waals surface area contributed by atoms with Crippen molar-refractivity contribution >= 4 is 46.1 Å². The number of benzene rings is 1. The van der Waals surface area contributed by atoms with Gasteiger partial charge in [0.15, 0.2) is 0 Å². The van der Waals surface area contributed by atoms with Crippen LogP contribution < -0.4 is 0 Å². The molecule has 0 aromatic heterocycles. The van der Waals surface area contributed by atoms with E-state index < -0.39 is 0 Å². The summed E-state index contributed by atoms with van der Waals surface area (Å²) in [6.45, 7) is 6.31. The zero-order valence-corrected chi connectivity index (χ0v) is 11.8. The van der Waals surface area contributed by atoms with Crippen LogP contribution in [-0.2, 0) is 12.8 Å². The lowest BCUT2D eigenvalue weighted by atomic mass is 9.95. The molecule has 0 unspecified atom stereocenters. The van der Waals surface area contributed by atoms with Crippen molar-refractivity contribution in [1.82, 2.24) is 0 Å². The maximum Gasteiger partial charge on any atom is 0.104 e. The van der Waals surface area contributed by atoms with Gasteiger partial charge >= 0.3 is 0 Å². The van der Waals surface area contributed by atoms with Crippen LogP contribution in [0.25, 0.3) is 0 Å². The Morgan fingerprint density at radius 2 is 1.65 bits per heavy atom. The number of hydrogen-bond donors (Lipinski definition) is 0. The van der Waals surface area contributed by atoms with Crippen molar-refractivity contribution in [2.75, 3.05) is 0 Å². The Kier molecular flexibility index (Phi) is 5.33. The molecule has 0 aliphatic rings. The van der Waals surface area contributed by atoms with E-state index in [2.05, 4.69) is 53.3 Å². The smallest absolute Gasteiger partial charge is 0.104 e. The third kappa shape index (κ3) is 2.93. The molecular formula is C13H14N2S2. The van der Waals surface area contributed by atoms with Gasteiger partial charge < -0.3 is 0 Å². The van der Waals surface area contributed by atoms with Crippen molar-refractivity contribution in [1.29, 1.82) is 0 Å². The van der Waals surface area contributed by atoms with Gasteiger partial charge in [0.25, 0.3) is 0 Å². The zero-order chi connectivity index (χ0) is 12.8. The highest BCUT2D eigenvalue weighted by Gasteiger charge is 2.13. The first-order valence-electron chi connectivity index (χ1n) is 5.50. The third-order valence-electron chi connectivity index (χ3n) is 2.75. The Balaban J connectivity index is 3.70. The molecule has 0 saturated heterocycles. The topological polar surface area (TPSA) is 24.7 Å². The van der Waals surface area contributed by atoms with Gasteiger partial charge in [0.2, 0.25) is 0 Å². The van der Waals surface area contributed by atoms with Crippen LogP contribution in [0.4, 0.5) is 11.4 Å². The second-order valence-electron chi connectivity index (χ2n) is 3.63. The van der Waals surface area contributed by atoms with Crippen LogP contribution in [0.3, 0.4) is 0 Å². The number of hydrogen-bond acceptors (Lipinski definition) is 4. The summed E-state index contributed by atoms with van der Waals surface area (Å²) in [6, 6.07) is 1.98. The van der Waals surface area contributed by atoms with E-state index in [4.69, 9.17) is 12.2 Å². The molecule has 0 amide bonds. The van der Waals surface area contributed by atoms with E-state index in [0.29, 0.717) is 0 Å². The number of rotatable bonds is 4. The average Bonchev–Trinajstić information content (AvgIpc) is 2.32. The maximum atomic E-state index is 4.69. The SMILES string of the molecule is CCc1c(C)cc(N=C=S)c(N=C=S)c1CC. The van der Waals surface area contributed by atoms with E-state index in [-0.39, 0.29) is 0 Å². The van der Waals surface area contributed by atoms with Crippen molar-refractivity contribution in [3.8, 4) is 0 Å². The van der Waals surface area contributed by atoms with Gasteiger partial charge in [-0.2, -0.15) is 9.98 Å². The van der Waals surface area contributed by atoms with Gasteiger partial charge in [-0.05, 0) is 67.0 Å². The Hall–Kier alpha value is -1.18. The molecule has 0 heterocycles. The van der Waals surface area contributed by atoms with E-state index >= 15 is 0 Å². The number of nitrogens with zero attached hydrogens (tertiary/aromatic N) is 2. The van der Waals surface area contributed by atoms with E-state index in [1.165, 1.54) is 16.7 Å². The second kappa shape index (κ2) is 6.53. The van der Waals surface area contributed by atoms with Gasteiger partial charge in [-0.25, -0.2) is 0 Å². The van der Waals surface area contributed by atoms with Gasteiger partial charge in [-0.15, -0.1) is 0 Å². The summed E-state index contributed by atoms with van der Waals surface area (Å²) in [4.78, 5) is 8.19. The summed E-state index contributed by atoms with van der Waals surface area (Å²) in [6.07, 6.45) is 1.86. The Bertz CT molecular complexity index is 523. The van der Waals surface area contributed by atoms with E-state index in [1.807, 2.05) is 6.07 Å². The van der Waals surface area contributed by atoms with E-state index in [1.54, 1.807) is 0 Å². The molecule has 1 aromatic carbocycles. The maximum absolute atomic E-state index is 4.69. The predicted molar refractivity (Wildman–Crippen MR) is 79.3 cm³/mol. The summed E-state index contributed by atoms with van der Waals surface area (Å²) < 4.78 is 0. The molecule has 2 nitrogen and oxygen atoms in total. The van der Waals surface area contributed by atoms with E-state index in [0.717, 1.165) is 24.2 Å². The van der Waals surface area contributed by atoms with Crippen LogP contribution in [0, 0.1) is 6.92 Å². The average molecular weight is 262 g/mol. The molecule has 0 saturated carbocycles. The first-order valence-corrected chi connectivity index (χ1v) is 6.32. The largest absolute Gasteiger partial charge is 0.192 e. The van der Waals surface area contributed by atoms with Gasteiger partial charge in [0, 0.05) is 0 Å². The van der Waals surface area contributed by atoms with Gasteiger partial charge in [-0.3, -0.25) is 0 Å².